The van der Waals surface area contributed by atoms with Crippen molar-refractivity contribution in [3.8, 4) is 5.75 Å². The van der Waals surface area contributed by atoms with Crippen LogP contribution in [0.3, 0.4) is 0 Å². The van der Waals surface area contributed by atoms with Gasteiger partial charge in [-0.1, -0.05) is 24.8 Å². The lowest BCUT2D eigenvalue weighted by Gasteiger charge is -2.20. The second-order valence-corrected chi connectivity index (χ2v) is 3.02. The van der Waals surface area contributed by atoms with Crippen LogP contribution in [0.5, 0.6) is 5.75 Å². The number of benzene rings is 1. The highest BCUT2D eigenvalue weighted by Crippen LogP contribution is 2.36. The third-order valence-electron chi connectivity index (χ3n) is 2.07. The molecule has 0 heterocycles. The Morgan fingerprint density at radius 3 is 2.60 bits per heavy atom. The Labute approximate surface area is 86.8 Å². The molecule has 0 saturated carbocycles. The Hall–Kier alpha value is -1.42. The highest BCUT2D eigenvalue weighted by Gasteiger charge is 2.37. The summed E-state index contributed by atoms with van der Waals surface area (Å²) in [5.74, 6) is -3.14. The van der Waals surface area contributed by atoms with E-state index < -0.39 is 12.0 Å². The number of alkyl halides is 2. The average Bonchev–Trinajstić information content (AvgIpc) is 2.28. The molecule has 0 radical (unpaired) electrons. The second kappa shape index (κ2) is 4.40. The van der Waals surface area contributed by atoms with Gasteiger partial charge in [0, 0.05) is 5.56 Å². The normalized spacial score (nSPS) is 13.3. The standard InChI is InChI=1S/C11H12F2O2/c1-3-11(12,13)10(14)8-6-4-5-7-9(8)15-2/h3-7,10,14H,1H2,2H3. The van der Waals surface area contributed by atoms with E-state index in [0.717, 1.165) is 0 Å². The molecule has 1 aromatic rings. The van der Waals surface area contributed by atoms with Gasteiger partial charge in [-0.2, -0.15) is 8.78 Å². The first-order valence-corrected chi connectivity index (χ1v) is 4.35. The topological polar surface area (TPSA) is 29.5 Å². The molecule has 2 nitrogen and oxygen atoms in total. The van der Waals surface area contributed by atoms with Crippen molar-refractivity contribution in [1.29, 1.82) is 0 Å². The zero-order valence-corrected chi connectivity index (χ0v) is 8.28. The molecule has 4 heteroatoms. The Kier molecular flexibility index (Phi) is 3.42. The van der Waals surface area contributed by atoms with Crippen molar-refractivity contribution in [2.75, 3.05) is 7.11 Å². The monoisotopic (exact) mass is 214 g/mol. The van der Waals surface area contributed by atoms with Gasteiger partial charge in [-0.3, -0.25) is 0 Å². The van der Waals surface area contributed by atoms with Crippen molar-refractivity contribution in [3.05, 3.63) is 42.5 Å². The van der Waals surface area contributed by atoms with E-state index in [1.165, 1.54) is 19.2 Å². The van der Waals surface area contributed by atoms with Crippen LogP contribution in [-0.2, 0) is 0 Å². The number of halogens is 2. The number of ether oxygens (including phenoxy) is 1. The molecule has 0 fully saturated rings. The molecule has 1 atom stereocenters. The lowest BCUT2D eigenvalue weighted by Crippen LogP contribution is -2.23. The van der Waals surface area contributed by atoms with Crippen LogP contribution in [-0.4, -0.2) is 18.1 Å². The summed E-state index contributed by atoms with van der Waals surface area (Å²) in [5, 5.41) is 9.46. The van der Waals surface area contributed by atoms with E-state index in [9.17, 15) is 13.9 Å². The summed E-state index contributed by atoms with van der Waals surface area (Å²) in [6, 6.07) is 6.10. The third-order valence-corrected chi connectivity index (χ3v) is 2.07. The number of methoxy groups -OCH3 is 1. The van der Waals surface area contributed by atoms with Gasteiger partial charge in [-0.05, 0) is 12.1 Å². The molecule has 0 aliphatic rings. The Balaban J connectivity index is 3.10. The maximum absolute atomic E-state index is 13.1. The average molecular weight is 214 g/mol. The summed E-state index contributed by atoms with van der Waals surface area (Å²) < 4.78 is 31.1. The molecule has 0 aliphatic heterocycles. The van der Waals surface area contributed by atoms with Gasteiger partial charge in [-0.15, -0.1) is 0 Å². The molecular weight excluding hydrogens is 202 g/mol. The SMILES string of the molecule is C=CC(F)(F)C(O)c1ccccc1OC. The molecule has 0 aliphatic carbocycles. The third kappa shape index (κ3) is 2.33. The minimum atomic E-state index is -3.37. The fourth-order valence-corrected chi connectivity index (χ4v) is 1.21. The number of aliphatic hydroxyl groups excluding tert-OH is 1. The zero-order valence-electron chi connectivity index (χ0n) is 8.28. The number of hydrogen-bond acceptors (Lipinski definition) is 2. The van der Waals surface area contributed by atoms with Crippen LogP contribution in [0.25, 0.3) is 0 Å². The van der Waals surface area contributed by atoms with Crippen molar-refractivity contribution in [3.63, 3.8) is 0 Å². The largest absolute Gasteiger partial charge is 0.496 e. The summed E-state index contributed by atoms with van der Waals surface area (Å²) >= 11 is 0. The highest BCUT2D eigenvalue weighted by atomic mass is 19.3. The van der Waals surface area contributed by atoms with Crippen molar-refractivity contribution < 1.29 is 18.6 Å². The Bertz CT molecular complexity index is 350. The molecule has 0 aromatic heterocycles. The van der Waals surface area contributed by atoms with Crippen LogP contribution in [0, 0.1) is 0 Å². The maximum atomic E-state index is 13.1. The maximum Gasteiger partial charge on any atom is 0.295 e. The van der Waals surface area contributed by atoms with Gasteiger partial charge in [0.2, 0.25) is 0 Å². The van der Waals surface area contributed by atoms with E-state index in [0.29, 0.717) is 6.08 Å². The van der Waals surface area contributed by atoms with Crippen LogP contribution in [0.15, 0.2) is 36.9 Å². The van der Waals surface area contributed by atoms with E-state index in [1.54, 1.807) is 12.1 Å². The van der Waals surface area contributed by atoms with Crippen molar-refractivity contribution in [2.45, 2.75) is 12.0 Å². The van der Waals surface area contributed by atoms with Gasteiger partial charge in [0.05, 0.1) is 7.11 Å². The first-order valence-electron chi connectivity index (χ1n) is 4.35. The van der Waals surface area contributed by atoms with E-state index in [2.05, 4.69) is 6.58 Å². The number of hydrogen-bond donors (Lipinski definition) is 1. The summed E-state index contributed by atoms with van der Waals surface area (Å²) in [7, 11) is 1.36. The van der Waals surface area contributed by atoms with Crippen molar-refractivity contribution >= 4 is 0 Å². The quantitative estimate of drug-likeness (QED) is 0.780. The molecule has 15 heavy (non-hydrogen) atoms. The minimum Gasteiger partial charge on any atom is -0.496 e. The van der Waals surface area contributed by atoms with Gasteiger partial charge in [0.15, 0.2) is 0 Å². The van der Waals surface area contributed by atoms with Gasteiger partial charge >= 0.3 is 0 Å². The summed E-state index contributed by atoms with van der Waals surface area (Å²) in [6.45, 7) is 2.98. The smallest absolute Gasteiger partial charge is 0.295 e. The predicted molar refractivity (Wildman–Crippen MR) is 53.1 cm³/mol. The molecular formula is C11H12F2O2. The van der Waals surface area contributed by atoms with Crippen LogP contribution in [0.2, 0.25) is 0 Å². The van der Waals surface area contributed by atoms with E-state index >= 15 is 0 Å². The number of aliphatic hydroxyl groups is 1. The van der Waals surface area contributed by atoms with Crippen LogP contribution in [0.4, 0.5) is 8.78 Å². The van der Waals surface area contributed by atoms with Gasteiger partial charge < -0.3 is 9.84 Å². The van der Waals surface area contributed by atoms with Crippen LogP contribution in [0.1, 0.15) is 11.7 Å². The molecule has 1 rings (SSSR count). The molecule has 0 bridgehead atoms. The van der Waals surface area contributed by atoms with E-state index in [-0.39, 0.29) is 11.3 Å². The summed E-state index contributed by atoms with van der Waals surface area (Å²) in [6.07, 6.45) is -1.52. The molecule has 0 saturated heterocycles. The fraction of sp³-hybridized carbons (Fsp3) is 0.273. The Morgan fingerprint density at radius 1 is 1.47 bits per heavy atom. The lowest BCUT2D eigenvalue weighted by molar-refractivity contribution is -0.0720. The first kappa shape index (κ1) is 11.7. The highest BCUT2D eigenvalue weighted by molar-refractivity contribution is 5.36. The van der Waals surface area contributed by atoms with Crippen molar-refractivity contribution in [2.24, 2.45) is 0 Å². The summed E-state index contributed by atoms with van der Waals surface area (Å²) in [4.78, 5) is 0. The predicted octanol–water partition coefficient (Wildman–Crippen LogP) is 2.55. The second-order valence-electron chi connectivity index (χ2n) is 3.02. The fourth-order valence-electron chi connectivity index (χ4n) is 1.21. The molecule has 1 aromatic carbocycles. The van der Waals surface area contributed by atoms with Gasteiger partial charge in [-0.25, -0.2) is 0 Å². The Morgan fingerprint density at radius 2 is 2.07 bits per heavy atom. The van der Waals surface area contributed by atoms with E-state index in [1.807, 2.05) is 0 Å². The number of para-hydroxylation sites is 1. The first-order chi connectivity index (χ1) is 7.03. The molecule has 0 amide bonds. The molecule has 1 N–H and O–H groups in total. The van der Waals surface area contributed by atoms with Crippen LogP contribution < -0.4 is 4.74 Å². The van der Waals surface area contributed by atoms with Crippen LogP contribution >= 0.6 is 0 Å². The van der Waals surface area contributed by atoms with Gasteiger partial charge in [0.1, 0.15) is 11.9 Å². The zero-order chi connectivity index (χ0) is 11.5. The minimum absolute atomic E-state index is 0.0462. The van der Waals surface area contributed by atoms with E-state index in [4.69, 9.17) is 4.74 Å². The molecule has 82 valence electrons. The number of rotatable bonds is 4. The molecule has 0 spiro atoms. The molecule has 1 unspecified atom stereocenters. The van der Waals surface area contributed by atoms with Gasteiger partial charge in [0.25, 0.3) is 5.92 Å². The van der Waals surface area contributed by atoms with Crippen molar-refractivity contribution in [1.82, 2.24) is 0 Å². The lowest BCUT2D eigenvalue weighted by atomic mass is 10.0. The summed E-state index contributed by atoms with van der Waals surface area (Å²) in [5.41, 5.74) is 0.0462.